The molecular weight excluding hydrogens is 312 g/mol. The van der Waals surface area contributed by atoms with E-state index in [4.69, 9.17) is 14.2 Å². The second-order valence-electron chi connectivity index (χ2n) is 6.52. The van der Waals surface area contributed by atoms with E-state index in [1.54, 1.807) is 26.1 Å². The van der Waals surface area contributed by atoms with Gasteiger partial charge in [-0.2, -0.15) is 0 Å². The molecule has 2 saturated heterocycles. The van der Waals surface area contributed by atoms with Gasteiger partial charge >= 0.3 is 0 Å². The number of ether oxygens (including phenoxy) is 3. The van der Waals surface area contributed by atoms with Crippen LogP contribution >= 0.6 is 0 Å². The van der Waals surface area contributed by atoms with Crippen LogP contribution in [0.15, 0.2) is 12.4 Å². The van der Waals surface area contributed by atoms with Gasteiger partial charge in [-0.05, 0) is 6.42 Å². The van der Waals surface area contributed by atoms with Crippen LogP contribution in [-0.4, -0.2) is 80.0 Å². The van der Waals surface area contributed by atoms with Gasteiger partial charge in [0.05, 0.1) is 26.3 Å². The molecule has 0 aromatic carbocycles. The van der Waals surface area contributed by atoms with Gasteiger partial charge in [0.25, 0.3) is 0 Å². The summed E-state index contributed by atoms with van der Waals surface area (Å²) in [6, 6.07) is 1.82. The van der Waals surface area contributed by atoms with Crippen LogP contribution in [0.3, 0.4) is 0 Å². The molecule has 1 aromatic rings. The van der Waals surface area contributed by atoms with Crippen molar-refractivity contribution in [1.82, 2.24) is 14.9 Å². The summed E-state index contributed by atoms with van der Waals surface area (Å²) in [4.78, 5) is 23.6. The largest absolute Gasteiger partial charge is 0.481 e. The average molecular weight is 336 g/mol. The number of carbonyl (C=O) groups excluding carboxylic acids is 1. The molecule has 2 fully saturated rings. The third-order valence-electron chi connectivity index (χ3n) is 4.51. The number of likely N-dealkylation sites (N-methyl/N-ethyl adjacent to an activating group) is 1. The highest BCUT2D eigenvalue weighted by molar-refractivity contribution is 5.76. The van der Waals surface area contributed by atoms with Crippen molar-refractivity contribution in [3.63, 3.8) is 0 Å². The number of aromatic nitrogens is 2. The van der Waals surface area contributed by atoms with Crippen LogP contribution in [0.5, 0.6) is 5.88 Å². The fourth-order valence-electron chi connectivity index (χ4n) is 3.09. The smallest absolute Gasteiger partial charge is 0.248 e. The molecule has 1 spiro atoms. The minimum atomic E-state index is -0.206. The van der Waals surface area contributed by atoms with Gasteiger partial charge in [0.15, 0.2) is 0 Å². The lowest BCUT2D eigenvalue weighted by molar-refractivity contribution is -0.156. The Kier molecular flexibility index (Phi) is 4.86. The van der Waals surface area contributed by atoms with Gasteiger partial charge in [0.2, 0.25) is 11.8 Å². The van der Waals surface area contributed by atoms with E-state index in [1.807, 2.05) is 6.07 Å². The molecule has 1 aromatic heterocycles. The van der Waals surface area contributed by atoms with Crippen LogP contribution < -0.4 is 9.64 Å². The first-order chi connectivity index (χ1) is 11.5. The fourth-order valence-corrected chi connectivity index (χ4v) is 3.09. The molecule has 2 aliphatic heterocycles. The molecule has 0 N–H and O–H groups in total. The summed E-state index contributed by atoms with van der Waals surface area (Å²) in [6.45, 7) is 2.30. The first-order valence-electron chi connectivity index (χ1n) is 8.08. The third-order valence-corrected chi connectivity index (χ3v) is 4.51. The summed E-state index contributed by atoms with van der Waals surface area (Å²) in [5.41, 5.74) is -0.206. The zero-order valence-corrected chi connectivity index (χ0v) is 14.4. The van der Waals surface area contributed by atoms with Gasteiger partial charge in [-0.25, -0.2) is 9.97 Å². The summed E-state index contributed by atoms with van der Waals surface area (Å²) < 4.78 is 16.9. The maximum Gasteiger partial charge on any atom is 0.248 e. The molecule has 8 nitrogen and oxygen atoms in total. The van der Waals surface area contributed by atoms with E-state index in [-0.39, 0.29) is 24.2 Å². The summed E-state index contributed by atoms with van der Waals surface area (Å²) in [6.07, 6.45) is 3.18. The van der Waals surface area contributed by atoms with Crippen LogP contribution in [0.25, 0.3) is 0 Å². The van der Waals surface area contributed by atoms with Gasteiger partial charge in [0, 0.05) is 33.2 Å². The molecular formula is C16H24N4O4. The Morgan fingerprint density at radius 3 is 2.96 bits per heavy atom. The monoisotopic (exact) mass is 336 g/mol. The van der Waals surface area contributed by atoms with Crippen molar-refractivity contribution in [2.45, 2.75) is 24.5 Å². The molecule has 0 saturated carbocycles. The highest BCUT2D eigenvalue weighted by Gasteiger charge is 2.48. The quantitative estimate of drug-likeness (QED) is 0.767. The minimum absolute atomic E-state index is 0.0149. The molecule has 132 valence electrons. The second-order valence-corrected chi connectivity index (χ2v) is 6.52. The van der Waals surface area contributed by atoms with E-state index in [0.717, 1.165) is 31.7 Å². The standard InChI is InChI=1S/C16H24N4O4/c1-19(2)15(21)8-23-12-4-5-24-16(7-12)9-20(10-16)13-6-14(22-3)18-11-17-13/h6,11-12H,4-5,7-10H2,1-3H3/t12-/m0/s1. The Bertz CT molecular complexity index is 589. The first kappa shape index (κ1) is 16.9. The van der Waals surface area contributed by atoms with Gasteiger partial charge in [0.1, 0.15) is 24.4 Å². The van der Waals surface area contributed by atoms with Crippen LogP contribution in [0, 0.1) is 0 Å². The Labute approximate surface area is 141 Å². The molecule has 0 radical (unpaired) electrons. The van der Waals surface area contributed by atoms with Crippen molar-refractivity contribution in [1.29, 1.82) is 0 Å². The van der Waals surface area contributed by atoms with Crippen molar-refractivity contribution in [3.8, 4) is 5.88 Å². The van der Waals surface area contributed by atoms with E-state index in [2.05, 4.69) is 14.9 Å². The maximum atomic E-state index is 11.7. The van der Waals surface area contributed by atoms with Gasteiger partial charge in [-0.1, -0.05) is 0 Å². The summed E-state index contributed by atoms with van der Waals surface area (Å²) in [5.74, 6) is 1.37. The van der Waals surface area contributed by atoms with Gasteiger partial charge in [-0.15, -0.1) is 0 Å². The van der Waals surface area contributed by atoms with E-state index in [1.165, 1.54) is 6.33 Å². The molecule has 0 bridgehead atoms. The Hall–Kier alpha value is -1.93. The molecule has 1 atom stereocenters. The van der Waals surface area contributed by atoms with Crippen LogP contribution in [-0.2, 0) is 14.3 Å². The number of nitrogens with zero attached hydrogens (tertiary/aromatic N) is 4. The van der Waals surface area contributed by atoms with Crippen LogP contribution in [0.4, 0.5) is 5.82 Å². The van der Waals surface area contributed by atoms with Gasteiger partial charge in [-0.3, -0.25) is 4.79 Å². The normalized spacial score (nSPS) is 22.1. The molecule has 2 aliphatic rings. The maximum absolute atomic E-state index is 11.7. The number of carbonyl (C=O) groups is 1. The van der Waals surface area contributed by atoms with Crippen molar-refractivity contribution in [2.24, 2.45) is 0 Å². The lowest BCUT2D eigenvalue weighted by atomic mass is 9.84. The van der Waals surface area contributed by atoms with Crippen molar-refractivity contribution >= 4 is 11.7 Å². The molecule has 24 heavy (non-hydrogen) atoms. The Balaban J connectivity index is 1.53. The number of anilines is 1. The van der Waals surface area contributed by atoms with E-state index in [0.29, 0.717) is 12.5 Å². The highest BCUT2D eigenvalue weighted by Crippen LogP contribution is 2.37. The summed E-state index contributed by atoms with van der Waals surface area (Å²) in [7, 11) is 5.05. The topological polar surface area (TPSA) is 77.0 Å². The minimum Gasteiger partial charge on any atom is -0.481 e. The summed E-state index contributed by atoms with van der Waals surface area (Å²) in [5, 5.41) is 0. The SMILES string of the molecule is COc1cc(N2CC3(C[C@@H](OCC(=O)N(C)C)CCO3)C2)ncn1. The van der Waals surface area contributed by atoms with Crippen LogP contribution in [0.2, 0.25) is 0 Å². The number of rotatable bonds is 5. The lowest BCUT2D eigenvalue weighted by Gasteiger charge is -2.53. The average Bonchev–Trinajstić information content (AvgIpc) is 2.57. The number of methoxy groups -OCH3 is 1. The number of amides is 1. The van der Waals surface area contributed by atoms with Crippen molar-refractivity contribution < 1.29 is 19.0 Å². The molecule has 3 heterocycles. The molecule has 8 heteroatoms. The molecule has 1 amide bonds. The highest BCUT2D eigenvalue weighted by atomic mass is 16.5. The molecule has 0 unspecified atom stereocenters. The third kappa shape index (κ3) is 3.59. The lowest BCUT2D eigenvalue weighted by Crippen LogP contribution is -2.66. The first-order valence-corrected chi connectivity index (χ1v) is 8.08. The van der Waals surface area contributed by atoms with Crippen molar-refractivity contribution in [3.05, 3.63) is 12.4 Å². The number of hydrogen-bond acceptors (Lipinski definition) is 7. The van der Waals surface area contributed by atoms with Crippen LogP contribution in [0.1, 0.15) is 12.8 Å². The van der Waals surface area contributed by atoms with E-state index in [9.17, 15) is 4.79 Å². The number of hydrogen-bond donors (Lipinski definition) is 0. The molecule has 3 rings (SSSR count). The Morgan fingerprint density at radius 2 is 2.25 bits per heavy atom. The van der Waals surface area contributed by atoms with E-state index >= 15 is 0 Å². The predicted molar refractivity (Wildman–Crippen MR) is 87.1 cm³/mol. The Morgan fingerprint density at radius 1 is 1.46 bits per heavy atom. The second kappa shape index (κ2) is 6.90. The zero-order valence-electron chi connectivity index (χ0n) is 14.4. The predicted octanol–water partition coefficient (Wildman–Crippen LogP) is 0.328. The van der Waals surface area contributed by atoms with E-state index < -0.39 is 0 Å². The molecule has 0 aliphatic carbocycles. The summed E-state index contributed by atoms with van der Waals surface area (Å²) >= 11 is 0. The fraction of sp³-hybridized carbons (Fsp3) is 0.688. The van der Waals surface area contributed by atoms with Crippen molar-refractivity contribution in [2.75, 3.05) is 52.4 Å². The zero-order chi connectivity index (χ0) is 17.2. The van der Waals surface area contributed by atoms with Gasteiger partial charge < -0.3 is 24.0 Å².